The van der Waals surface area contributed by atoms with Crippen molar-refractivity contribution in [3.8, 4) is 0 Å². The van der Waals surface area contributed by atoms with E-state index in [2.05, 4.69) is 5.32 Å². The highest BCUT2D eigenvalue weighted by Crippen LogP contribution is 2.33. The van der Waals surface area contributed by atoms with E-state index in [1.54, 1.807) is 19.1 Å². The molecule has 0 unspecified atom stereocenters. The molecule has 1 saturated carbocycles. The number of carbonyl (C=O) groups is 2. The Balaban J connectivity index is 2.19. The maximum absolute atomic E-state index is 11.7. The Labute approximate surface area is 98.6 Å². The van der Waals surface area contributed by atoms with Crippen molar-refractivity contribution >= 4 is 17.6 Å². The number of carboxylic acid groups (broad SMARTS) is 1. The number of carboxylic acids is 1. The summed E-state index contributed by atoms with van der Waals surface area (Å²) >= 11 is 0. The lowest BCUT2D eigenvalue weighted by Gasteiger charge is -2.11. The van der Waals surface area contributed by atoms with Gasteiger partial charge in [-0.25, -0.2) is 4.79 Å². The first-order valence-electron chi connectivity index (χ1n) is 5.37. The topological polar surface area (TPSA) is 92.4 Å². The Morgan fingerprint density at radius 2 is 2.06 bits per heavy atom. The number of nitrogens with two attached hydrogens (primary N) is 1. The van der Waals surface area contributed by atoms with Crippen LogP contribution in [0.4, 0.5) is 5.69 Å². The molecular weight excluding hydrogens is 220 g/mol. The second-order valence-corrected chi connectivity index (χ2v) is 4.45. The Morgan fingerprint density at radius 3 is 2.59 bits per heavy atom. The molecule has 0 bridgehead atoms. The van der Waals surface area contributed by atoms with Crippen LogP contribution in [0.2, 0.25) is 0 Å². The molecule has 0 saturated heterocycles. The van der Waals surface area contributed by atoms with E-state index in [0.717, 1.165) is 0 Å². The van der Waals surface area contributed by atoms with Crippen LogP contribution in [0, 0.1) is 6.92 Å². The highest BCUT2D eigenvalue weighted by atomic mass is 16.4. The molecule has 1 aromatic carbocycles. The van der Waals surface area contributed by atoms with Crippen LogP contribution in [0.3, 0.4) is 0 Å². The van der Waals surface area contributed by atoms with E-state index in [1.807, 2.05) is 0 Å². The molecule has 5 heteroatoms. The number of aryl methyl sites for hydroxylation is 1. The highest BCUT2D eigenvalue weighted by Gasteiger charge is 2.45. The third-order valence-electron chi connectivity index (χ3n) is 2.97. The third-order valence-corrected chi connectivity index (χ3v) is 2.97. The van der Waals surface area contributed by atoms with Crippen molar-refractivity contribution in [2.75, 3.05) is 5.32 Å². The molecule has 5 nitrogen and oxygen atoms in total. The van der Waals surface area contributed by atoms with Crippen molar-refractivity contribution in [1.29, 1.82) is 0 Å². The van der Waals surface area contributed by atoms with Crippen LogP contribution in [0.25, 0.3) is 0 Å². The molecule has 17 heavy (non-hydrogen) atoms. The van der Waals surface area contributed by atoms with Gasteiger partial charge in [0.15, 0.2) is 0 Å². The molecular formula is C12H14N2O3. The largest absolute Gasteiger partial charge is 0.478 e. The van der Waals surface area contributed by atoms with Crippen molar-refractivity contribution in [3.05, 3.63) is 29.3 Å². The second kappa shape index (κ2) is 3.85. The number of nitrogens with one attached hydrogen (secondary N) is 1. The predicted molar refractivity (Wildman–Crippen MR) is 62.9 cm³/mol. The first kappa shape index (κ1) is 11.6. The van der Waals surface area contributed by atoms with Gasteiger partial charge in [-0.05, 0) is 37.5 Å². The number of rotatable bonds is 3. The number of hydrogen-bond acceptors (Lipinski definition) is 3. The molecule has 1 aromatic rings. The molecule has 0 heterocycles. The third kappa shape index (κ3) is 2.29. The lowest BCUT2D eigenvalue weighted by molar-refractivity contribution is -0.118. The maximum atomic E-state index is 11.7. The van der Waals surface area contributed by atoms with E-state index >= 15 is 0 Å². The second-order valence-electron chi connectivity index (χ2n) is 4.45. The number of carbonyl (C=O) groups excluding carboxylic acids is 1. The van der Waals surface area contributed by atoms with Crippen molar-refractivity contribution in [2.24, 2.45) is 5.73 Å². The molecule has 0 aromatic heterocycles. The number of aromatic carboxylic acids is 1. The van der Waals surface area contributed by atoms with Crippen LogP contribution in [-0.2, 0) is 4.79 Å². The zero-order valence-electron chi connectivity index (χ0n) is 9.49. The Hall–Kier alpha value is -1.88. The molecule has 0 spiro atoms. The van der Waals surface area contributed by atoms with E-state index in [9.17, 15) is 9.59 Å². The quantitative estimate of drug-likeness (QED) is 0.730. The Bertz CT molecular complexity index is 493. The molecule has 1 aliphatic carbocycles. The Kier molecular flexibility index (Phi) is 2.63. The zero-order valence-corrected chi connectivity index (χ0v) is 9.49. The summed E-state index contributed by atoms with van der Waals surface area (Å²) in [6.45, 7) is 1.71. The van der Waals surface area contributed by atoms with Gasteiger partial charge in [0.05, 0.1) is 11.1 Å². The fourth-order valence-electron chi connectivity index (χ4n) is 1.55. The van der Waals surface area contributed by atoms with Gasteiger partial charge in [0.1, 0.15) is 0 Å². The van der Waals surface area contributed by atoms with Gasteiger partial charge in [0.2, 0.25) is 5.91 Å². The SMILES string of the molecule is Cc1ccc(NC(=O)C2(N)CC2)cc1C(=O)O. The molecule has 0 atom stereocenters. The average molecular weight is 234 g/mol. The standard InChI is InChI=1S/C12H14N2O3/c1-7-2-3-8(6-9(7)10(15)16)14-11(17)12(13)4-5-12/h2-3,6H,4-5,13H2,1H3,(H,14,17)(H,15,16). The highest BCUT2D eigenvalue weighted by molar-refractivity contribution is 6.01. The summed E-state index contributed by atoms with van der Waals surface area (Å²) < 4.78 is 0. The van der Waals surface area contributed by atoms with Crippen molar-refractivity contribution in [2.45, 2.75) is 25.3 Å². The van der Waals surface area contributed by atoms with Gasteiger partial charge in [0.25, 0.3) is 0 Å². The fourth-order valence-corrected chi connectivity index (χ4v) is 1.55. The maximum Gasteiger partial charge on any atom is 0.336 e. The van der Waals surface area contributed by atoms with Crippen molar-refractivity contribution in [1.82, 2.24) is 0 Å². The summed E-state index contributed by atoms with van der Waals surface area (Å²) in [5, 5.41) is 11.6. The van der Waals surface area contributed by atoms with Crippen molar-refractivity contribution in [3.63, 3.8) is 0 Å². The molecule has 90 valence electrons. The number of anilines is 1. The minimum atomic E-state index is -1.01. The first-order chi connectivity index (χ1) is 7.92. The molecule has 4 N–H and O–H groups in total. The lowest BCUT2D eigenvalue weighted by atomic mass is 10.1. The minimum absolute atomic E-state index is 0.185. The average Bonchev–Trinajstić information content (AvgIpc) is 3.00. The van der Waals surface area contributed by atoms with Gasteiger partial charge in [-0.15, -0.1) is 0 Å². The summed E-state index contributed by atoms with van der Waals surface area (Å²) in [6, 6.07) is 4.78. The normalized spacial score (nSPS) is 16.4. The zero-order chi connectivity index (χ0) is 12.6. The van der Waals surface area contributed by atoms with Crippen LogP contribution in [0.1, 0.15) is 28.8 Å². The van der Waals surface area contributed by atoms with Gasteiger partial charge in [-0.2, -0.15) is 0 Å². The van der Waals surface area contributed by atoms with E-state index in [4.69, 9.17) is 10.8 Å². The van der Waals surface area contributed by atoms with Crippen molar-refractivity contribution < 1.29 is 14.7 Å². The van der Waals surface area contributed by atoms with E-state index in [-0.39, 0.29) is 11.5 Å². The lowest BCUT2D eigenvalue weighted by Crippen LogP contribution is -2.37. The number of amides is 1. The van der Waals surface area contributed by atoms with Gasteiger partial charge in [-0.1, -0.05) is 6.07 Å². The number of hydrogen-bond donors (Lipinski definition) is 3. The predicted octanol–water partition coefficient (Wildman–Crippen LogP) is 1.12. The van der Waals surface area contributed by atoms with Gasteiger partial charge < -0.3 is 16.2 Å². The summed E-state index contributed by atoms with van der Waals surface area (Å²) in [5.74, 6) is -1.26. The van der Waals surface area contributed by atoms with Crippen LogP contribution >= 0.6 is 0 Å². The van der Waals surface area contributed by atoms with Gasteiger partial charge in [0, 0.05) is 5.69 Å². The van der Waals surface area contributed by atoms with Gasteiger partial charge in [-0.3, -0.25) is 4.79 Å². The van der Waals surface area contributed by atoms with E-state index in [1.165, 1.54) is 6.07 Å². The molecule has 1 amide bonds. The van der Waals surface area contributed by atoms with Crippen LogP contribution in [-0.4, -0.2) is 22.5 Å². The van der Waals surface area contributed by atoms with Crippen LogP contribution in [0.5, 0.6) is 0 Å². The molecule has 0 aliphatic heterocycles. The monoisotopic (exact) mass is 234 g/mol. The fraction of sp³-hybridized carbons (Fsp3) is 0.333. The molecule has 2 rings (SSSR count). The summed E-state index contributed by atoms with van der Waals surface area (Å²) in [6.07, 6.45) is 1.35. The van der Waals surface area contributed by atoms with E-state index in [0.29, 0.717) is 24.1 Å². The number of benzene rings is 1. The van der Waals surface area contributed by atoms with Crippen LogP contribution < -0.4 is 11.1 Å². The summed E-state index contributed by atoms with van der Waals surface area (Å²) in [5.41, 5.74) is 6.29. The van der Waals surface area contributed by atoms with Gasteiger partial charge >= 0.3 is 5.97 Å². The molecule has 0 radical (unpaired) electrons. The van der Waals surface area contributed by atoms with E-state index < -0.39 is 11.5 Å². The van der Waals surface area contributed by atoms with Crippen LogP contribution in [0.15, 0.2) is 18.2 Å². The summed E-state index contributed by atoms with van der Waals surface area (Å²) in [4.78, 5) is 22.6. The first-order valence-corrected chi connectivity index (χ1v) is 5.37. The summed E-state index contributed by atoms with van der Waals surface area (Å²) in [7, 11) is 0. The smallest absolute Gasteiger partial charge is 0.336 e. The molecule has 1 aliphatic rings. The Morgan fingerprint density at radius 1 is 1.41 bits per heavy atom. The molecule has 1 fully saturated rings. The minimum Gasteiger partial charge on any atom is -0.478 e.